The van der Waals surface area contributed by atoms with E-state index < -0.39 is 12.7 Å². The number of phosphoric ester groups is 1. The summed E-state index contributed by atoms with van der Waals surface area (Å²) >= 11 is 0. The molecule has 0 aliphatic heterocycles. The minimum atomic E-state index is -3.85. The van der Waals surface area contributed by atoms with Gasteiger partial charge in [0.05, 0.1) is 18.1 Å². The maximum Gasteiger partial charge on any atom is 1.00 e. The molecule has 2 unspecified atom stereocenters. The molecule has 0 N–H and O–H groups in total. The smallest absolute Gasteiger partial charge is 1.00 e. The third-order valence-corrected chi connectivity index (χ3v) is 6.65. The normalized spacial score (nSPS) is 14.8. The Balaban J connectivity index is 0. The van der Waals surface area contributed by atoms with Gasteiger partial charge >= 0.3 is 37.4 Å². The number of benzene rings is 1. The average Bonchev–Trinajstić information content (AvgIpc) is 2.74. The quantitative estimate of drug-likeness (QED) is 0.143. The third-order valence-electron chi connectivity index (χ3n) is 5.29. The molecule has 0 spiro atoms. The topological polar surface area (TPSA) is 87.9 Å². The van der Waals surface area contributed by atoms with Crippen LogP contribution in [0.4, 0.5) is 5.69 Å². The maximum atomic E-state index is 13.4. The number of nitrogens with zero attached hydrogens (tertiary/aromatic N) is 1. The summed E-state index contributed by atoms with van der Waals surface area (Å²) in [5.74, 6) is 0.793. The molecule has 0 radical (unpaired) electrons. The van der Waals surface area contributed by atoms with Gasteiger partial charge in [-0.05, 0) is 36.8 Å². The molecule has 0 amide bonds. The number of non-ortho nitro benzene ring substituents is 1. The Bertz CT molecular complexity index is 640. The van der Waals surface area contributed by atoms with E-state index in [2.05, 4.69) is 27.7 Å². The molecule has 7 nitrogen and oxygen atoms in total. The van der Waals surface area contributed by atoms with Crippen LogP contribution >= 0.6 is 7.82 Å². The van der Waals surface area contributed by atoms with Gasteiger partial charge in [-0.15, -0.1) is 0 Å². The maximum absolute atomic E-state index is 13.4. The molecule has 9 heteroatoms. The summed E-state index contributed by atoms with van der Waals surface area (Å²) < 4.78 is 30.5. The van der Waals surface area contributed by atoms with E-state index in [1.165, 1.54) is 24.3 Å². The van der Waals surface area contributed by atoms with Gasteiger partial charge in [-0.3, -0.25) is 19.2 Å². The Kier molecular flexibility index (Phi) is 16.9. The number of hydrogen-bond donors (Lipinski definition) is 0. The third kappa shape index (κ3) is 12.4. The van der Waals surface area contributed by atoms with E-state index in [1.54, 1.807) is 0 Å². The predicted molar refractivity (Wildman–Crippen MR) is 121 cm³/mol. The number of nitro groups is 1. The van der Waals surface area contributed by atoms with Crippen LogP contribution in [0.2, 0.25) is 0 Å². The Morgan fingerprint density at radius 2 is 1.39 bits per heavy atom. The Morgan fingerprint density at radius 3 is 1.74 bits per heavy atom. The van der Waals surface area contributed by atoms with Crippen LogP contribution < -0.4 is 34.1 Å². The van der Waals surface area contributed by atoms with Crippen molar-refractivity contribution < 1.29 is 54.0 Å². The van der Waals surface area contributed by atoms with Crippen molar-refractivity contribution in [2.45, 2.75) is 79.1 Å². The van der Waals surface area contributed by atoms with Gasteiger partial charge in [-0.2, -0.15) is 0 Å². The van der Waals surface area contributed by atoms with E-state index in [9.17, 15) is 14.7 Å². The molecule has 174 valence electrons. The van der Waals surface area contributed by atoms with Crippen LogP contribution in [0.25, 0.3) is 0 Å². The van der Waals surface area contributed by atoms with Crippen molar-refractivity contribution >= 4 is 13.5 Å². The van der Waals surface area contributed by atoms with E-state index >= 15 is 0 Å². The zero-order chi connectivity index (χ0) is 22.4. The van der Waals surface area contributed by atoms with Crippen molar-refractivity contribution in [1.29, 1.82) is 0 Å². The van der Waals surface area contributed by atoms with Gasteiger partial charge in [0.15, 0.2) is 0 Å². The largest absolute Gasteiger partial charge is 1.00 e. The van der Waals surface area contributed by atoms with Crippen molar-refractivity contribution in [2.75, 3.05) is 13.2 Å². The number of unbranched alkanes of at least 4 members (excludes halogenated alkanes) is 2. The average molecular weight is 468 g/mol. The van der Waals surface area contributed by atoms with E-state index in [1.807, 2.05) is 0 Å². The minimum Gasteiger partial charge on any atom is -1.00 e. The molecule has 0 saturated carbocycles. The molecule has 1 rings (SSSR count). The first-order chi connectivity index (χ1) is 14.4. The number of phosphoric acid groups is 1. The molecular formula is C22H39NNaO6P. The van der Waals surface area contributed by atoms with Crippen LogP contribution in [0.1, 0.15) is 80.5 Å². The summed E-state index contributed by atoms with van der Waals surface area (Å²) in [5, 5.41) is 10.9. The summed E-state index contributed by atoms with van der Waals surface area (Å²) in [5.41, 5.74) is -0.0600. The molecule has 0 aliphatic rings. The summed E-state index contributed by atoms with van der Waals surface area (Å²) in [6.45, 7) is 9.05. The number of rotatable bonds is 17. The summed E-state index contributed by atoms with van der Waals surface area (Å²) in [6.07, 6.45) is 8.21. The van der Waals surface area contributed by atoms with E-state index in [0.717, 1.165) is 51.4 Å². The van der Waals surface area contributed by atoms with Gasteiger partial charge in [0.1, 0.15) is 5.75 Å². The fourth-order valence-electron chi connectivity index (χ4n) is 3.04. The van der Waals surface area contributed by atoms with Crippen LogP contribution in [0, 0.1) is 22.0 Å². The van der Waals surface area contributed by atoms with Crippen LogP contribution in [0.3, 0.4) is 0 Å². The Labute approximate surface area is 211 Å². The van der Waals surface area contributed by atoms with Gasteiger partial charge < -0.3 is 5.95 Å². The molecule has 31 heavy (non-hydrogen) atoms. The molecule has 0 fully saturated rings. The van der Waals surface area contributed by atoms with Crippen LogP contribution in [0.5, 0.6) is 5.75 Å². The fraction of sp³-hybridized carbons (Fsp3) is 0.727. The summed E-state index contributed by atoms with van der Waals surface area (Å²) in [6, 6.07) is 5.46. The number of nitro benzene ring substituents is 1. The molecule has 0 bridgehead atoms. The van der Waals surface area contributed by atoms with Gasteiger partial charge in [-0.1, -0.05) is 66.2 Å². The van der Waals surface area contributed by atoms with Crippen molar-refractivity contribution in [3.63, 3.8) is 0 Å². The summed E-state index contributed by atoms with van der Waals surface area (Å²) in [4.78, 5) is 10.4. The van der Waals surface area contributed by atoms with E-state index in [0.29, 0.717) is 13.2 Å². The second-order valence-electron chi connectivity index (χ2n) is 7.71. The molecule has 0 heterocycles. The molecule has 2 atom stereocenters. The SMILES string of the molecule is CCCCC(CC)COP(=O)(OCC(CC)CCCC)Oc1ccc([N+](=O)[O-])cc1.[H-].[Na+]. The predicted octanol–water partition coefficient (Wildman–Crippen LogP) is 4.66. The van der Waals surface area contributed by atoms with Gasteiger partial charge in [0, 0.05) is 12.1 Å². The Hall–Kier alpha value is -0.430. The molecule has 0 saturated heterocycles. The Morgan fingerprint density at radius 1 is 0.935 bits per heavy atom. The molecule has 0 aromatic heterocycles. The fourth-order valence-corrected chi connectivity index (χ4v) is 4.38. The van der Waals surface area contributed by atoms with Gasteiger partial charge in [-0.25, -0.2) is 4.57 Å². The van der Waals surface area contributed by atoms with Gasteiger partial charge in [0.2, 0.25) is 0 Å². The first kappa shape index (κ1) is 30.6. The molecule has 1 aromatic rings. The second-order valence-corrected chi connectivity index (χ2v) is 9.31. The van der Waals surface area contributed by atoms with Crippen molar-refractivity contribution in [3.8, 4) is 5.75 Å². The van der Waals surface area contributed by atoms with Gasteiger partial charge in [0.25, 0.3) is 5.69 Å². The standard InChI is InChI=1S/C22H38NO6P.Na.H/c1-5-9-11-19(7-3)17-27-30(26,28-18-20(8-4)12-10-6-2)29-22-15-13-21(14-16-22)23(24)25;;/h13-16,19-20H,5-12,17-18H2,1-4H3;;/q;+1;-1. The van der Waals surface area contributed by atoms with Crippen molar-refractivity contribution in [2.24, 2.45) is 11.8 Å². The van der Waals surface area contributed by atoms with Crippen LogP contribution in [0.15, 0.2) is 24.3 Å². The molecule has 0 aliphatic carbocycles. The zero-order valence-electron chi connectivity index (χ0n) is 20.9. The van der Waals surface area contributed by atoms with E-state index in [-0.39, 0.29) is 54.3 Å². The monoisotopic (exact) mass is 467 g/mol. The van der Waals surface area contributed by atoms with Crippen molar-refractivity contribution in [1.82, 2.24) is 0 Å². The first-order valence-electron chi connectivity index (χ1n) is 11.2. The van der Waals surface area contributed by atoms with Crippen LogP contribution in [-0.4, -0.2) is 18.1 Å². The van der Waals surface area contributed by atoms with E-state index in [4.69, 9.17) is 13.6 Å². The van der Waals surface area contributed by atoms with Crippen LogP contribution in [-0.2, 0) is 13.6 Å². The first-order valence-corrected chi connectivity index (χ1v) is 12.7. The molecular weight excluding hydrogens is 428 g/mol. The molecule has 1 aromatic carbocycles. The second kappa shape index (κ2) is 17.1. The minimum absolute atomic E-state index is 0. The number of hydrogen-bond acceptors (Lipinski definition) is 6. The summed E-state index contributed by atoms with van der Waals surface area (Å²) in [7, 11) is -3.85. The van der Waals surface area contributed by atoms with Crippen molar-refractivity contribution in [3.05, 3.63) is 34.4 Å². The zero-order valence-corrected chi connectivity index (χ0v) is 22.8.